The fourth-order valence-corrected chi connectivity index (χ4v) is 2.27. The lowest BCUT2D eigenvalue weighted by atomic mass is 9.93. The molecule has 3 heteroatoms. The van der Waals surface area contributed by atoms with Crippen LogP contribution in [0.4, 0.5) is 0 Å². The zero-order chi connectivity index (χ0) is 16.0. The molecular formula is C18H29NO2. The number of ether oxygens (including phenoxy) is 1. The van der Waals surface area contributed by atoms with E-state index in [9.17, 15) is 4.79 Å². The SMILES string of the molecule is CCCC(=O)c1cc(C(C)C)c(OCCN(C)C)cc1C. The van der Waals surface area contributed by atoms with Gasteiger partial charge >= 0.3 is 0 Å². The highest BCUT2D eigenvalue weighted by Gasteiger charge is 2.15. The molecule has 0 spiro atoms. The van der Waals surface area contributed by atoms with Crippen LogP contribution in [0.2, 0.25) is 0 Å². The summed E-state index contributed by atoms with van der Waals surface area (Å²) in [6.45, 7) is 9.84. The largest absolute Gasteiger partial charge is 0.492 e. The van der Waals surface area contributed by atoms with Gasteiger partial charge in [0.2, 0.25) is 0 Å². The van der Waals surface area contributed by atoms with Crippen molar-refractivity contribution in [2.45, 2.75) is 46.5 Å². The number of aryl methyl sites for hydroxylation is 1. The van der Waals surface area contributed by atoms with Crippen LogP contribution in [-0.2, 0) is 0 Å². The standard InChI is InChI=1S/C18H29NO2/c1-7-8-17(20)16-12-15(13(2)3)18(11-14(16)4)21-10-9-19(5)6/h11-13H,7-10H2,1-6H3. The van der Waals surface area contributed by atoms with Crippen molar-refractivity contribution in [1.82, 2.24) is 4.90 Å². The minimum atomic E-state index is 0.233. The van der Waals surface area contributed by atoms with Crippen molar-refractivity contribution in [1.29, 1.82) is 0 Å². The number of hydrogen-bond acceptors (Lipinski definition) is 3. The molecule has 21 heavy (non-hydrogen) atoms. The Balaban J connectivity index is 3.03. The van der Waals surface area contributed by atoms with Crippen LogP contribution in [0.1, 0.15) is 61.0 Å². The summed E-state index contributed by atoms with van der Waals surface area (Å²) >= 11 is 0. The van der Waals surface area contributed by atoms with Crippen molar-refractivity contribution in [2.75, 3.05) is 27.2 Å². The van der Waals surface area contributed by atoms with Gasteiger partial charge in [-0.15, -0.1) is 0 Å². The van der Waals surface area contributed by atoms with Crippen LogP contribution in [0, 0.1) is 6.92 Å². The number of benzene rings is 1. The number of ketones is 1. The monoisotopic (exact) mass is 291 g/mol. The summed E-state index contributed by atoms with van der Waals surface area (Å²) in [4.78, 5) is 14.3. The molecule has 1 rings (SSSR count). The number of likely N-dealkylation sites (N-methyl/N-ethyl adjacent to an activating group) is 1. The molecule has 0 aliphatic heterocycles. The van der Waals surface area contributed by atoms with Crippen molar-refractivity contribution in [3.63, 3.8) is 0 Å². The van der Waals surface area contributed by atoms with Crippen LogP contribution in [0.15, 0.2) is 12.1 Å². The Kier molecular flexibility index (Phi) is 6.90. The molecule has 0 bridgehead atoms. The molecule has 0 N–H and O–H groups in total. The van der Waals surface area contributed by atoms with E-state index in [2.05, 4.69) is 18.7 Å². The number of hydrogen-bond donors (Lipinski definition) is 0. The van der Waals surface area contributed by atoms with Crippen molar-refractivity contribution >= 4 is 5.78 Å². The summed E-state index contributed by atoms with van der Waals surface area (Å²) in [6, 6.07) is 4.05. The maximum absolute atomic E-state index is 12.2. The van der Waals surface area contributed by atoms with E-state index in [1.54, 1.807) is 0 Å². The number of rotatable bonds is 8. The molecule has 0 aromatic heterocycles. The van der Waals surface area contributed by atoms with E-state index in [1.807, 2.05) is 40.1 Å². The molecule has 0 unspecified atom stereocenters. The number of Topliss-reactive ketones (excluding diaryl/α,β-unsaturated/α-hetero) is 1. The molecule has 0 heterocycles. The zero-order valence-corrected chi connectivity index (χ0v) is 14.3. The molecule has 1 aromatic carbocycles. The number of nitrogens with zero attached hydrogens (tertiary/aromatic N) is 1. The van der Waals surface area contributed by atoms with E-state index in [4.69, 9.17) is 4.74 Å². The summed E-state index contributed by atoms with van der Waals surface area (Å²) in [7, 11) is 4.06. The molecule has 0 amide bonds. The summed E-state index contributed by atoms with van der Waals surface area (Å²) in [5.41, 5.74) is 2.98. The summed E-state index contributed by atoms with van der Waals surface area (Å²) < 4.78 is 5.93. The fourth-order valence-electron chi connectivity index (χ4n) is 2.27. The van der Waals surface area contributed by atoms with E-state index in [0.29, 0.717) is 18.9 Å². The molecule has 0 saturated carbocycles. The maximum atomic E-state index is 12.2. The van der Waals surface area contributed by atoms with Crippen LogP contribution >= 0.6 is 0 Å². The second-order valence-corrected chi connectivity index (χ2v) is 6.18. The van der Waals surface area contributed by atoms with Crippen molar-refractivity contribution in [2.24, 2.45) is 0 Å². The molecule has 0 fully saturated rings. The fraction of sp³-hybridized carbons (Fsp3) is 0.611. The number of carbonyl (C=O) groups excluding carboxylic acids is 1. The molecule has 1 aromatic rings. The lowest BCUT2D eigenvalue weighted by Crippen LogP contribution is -2.20. The van der Waals surface area contributed by atoms with E-state index in [1.165, 1.54) is 0 Å². The van der Waals surface area contributed by atoms with Crippen molar-refractivity contribution < 1.29 is 9.53 Å². The van der Waals surface area contributed by atoms with Gasteiger partial charge in [-0.2, -0.15) is 0 Å². The molecule has 3 nitrogen and oxygen atoms in total. The van der Waals surface area contributed by atoms with Gasteiger partial charge in [0.15, 0.2) is 5.78 Å². The Morgan fingerprint density at radius 3 is 2.48 bits per heavy atom. The molecule has 118 valence electrons. The molecule has 0 saturated heterocycles. The average molecular weight is 291 g/mol. The average Bonchev–Trinajstić information content (AvgIpc) is 2.38. The maximum Gasteiger partial charge on any atom is 0.163 e. The van der Waals surface area contributed by atoms with Gasteiger partial charge in [-0.1, -0.05) is 20.8 Å². The van der Waals surface area contributed by atoms with Crippen LogP contribution in [-0.4, -0.2) is 37.9 Å². The van der Waals surface area contributed by atoms with Gasteiger partial charge in [0.25, 0.3) is 0 Å². The Morgan fingerprint density at radius 1 is 1.29 bits per heavy atom. The van der Waals surface area contributed by atoms with Gasteiger partial charge in [0.05, 0.1) is 0 Å². The summed E-state index contributed by atoms with van der Waals surface area (Å²) in [6.07, 6.45) is 1.50. The predicted octanol–water partition coefficient (Wildman–Crippen LogP) is 4.04. The molecule has 0 radical (unpaired) electrons. The van der Waals surface area contributed by atoms with Crippen LogP contribution in [0.25, 0.3) is 0 Å². The molecule has 0 atom stereocenters. The van der Waals surface area contributed by atoms with Crippen molar-refractivity contribution in [3.8, 4) is 5.75 Å². The second kappa shape index (κ2) is 8.18. The summed E-state index contributed by atoms with van der Waals surface area (Å²) in [5, 5.41) is 0. The molecule has 0 aliphatic rings. The highest BCUT2D eigenvalue weighted by atomic mass is 16.5. The smallest absolute Gasteiger partial charge is 0.163 e. The first kappa shape index (κ1) is 17.7. The predicted molar refractivity (Wildman–Crippen MR) is 88.6 cm³/mol. The highest BCUT2D eigenvalue weighted by Crippen LogP contribution is 2.30. The van der Waals surface area contributed by atoms with Crippen LogP contribution in [0.3, 0.4) is 0 Å². The second-order valence-electron chi connectivity index (χ2n) is 6.18. The minimum Gasteiger partial charge on any atom is -0.492 e. The Bertz CT molecular complexity index is 478. The molecule has 0 aliphatic carbocycles. The third-order valence-electron chi connectivity index (χ3n) is 3.55. The van der Waals surface area contributed by atoms with Crippen molar-refractivity contribution in [3.05, 3.63) is 28.8 Å². The summed E-state index contributed by atoms with van der Waals surface area (Å²) in [5.74, 6) is 1.49. The third kappa shape index (κ3) is 5.16. The first-order chi connectivity index (χ1) is 9.86. The van der Waals surface area contributed by atoms with Crippen LogP contribution < -0.4 is 4.74 Å². The van der Waals surface area contributed by atoms with Gasteiger partial charge in [-0.25, -0.2) is 0 Å². The third-order valence-corrected chi connectivity index (χ3v) is 3.55. The first-order valence-corrected chi connectivity index (χ1v) is 7.82. The topological polar surface area (TPSA) is 29.5 Å². The first-order valence-electron chi connectivity index (χ1n) is 7.82. The van der Waals surface area contributed by atoms with Gasteiger partial charge in [0.1, 0.15) is 12.4 Å². The van der Waals surface area contributed by atoms with E-state index < -0.39 is 0 Å². The van der Waals surface area contributed by atoms with Gasteiger partial charge in [-0.3, -0.25) is 4.79 Å². The van der Waals surface area contributed by atoms with Gasteiger partial charge in [-0.05, 0) is 56.6 Å². The minimum absolute atomic E-state index is 0.233. The van der Waals surface area contributed by atoms with Gasteiger partial charge < -0.3 is 9.64 Å². The number of carbonyl (C=O) groups is 1. The van der Waals surface area contributed by atoms with E-state index >= 15 is 0 Å². The Morgan fingerprint density at radius 2 is 1.95 bits per heavy atom. The Labute approximate surface area is 129 Å². The van der Waals surface area contributed by atoms with E-state index in [0.717, 1.165) is 35.4 Å². The molecular weight excluding hydrogens is 262 g/mol. The normalized spacial score (nSPS) is 11.2. The highest BCUT2D eigenvalue weighted by molar-refractivity contribution is 5.97. The lowest BCUT2D eigenvalue weighted by Gasteiger charge is -2.18. The lowest BCUT2D eigenvalue weighted by molar-refractivity contribution is 0.0981. The quantitative estimate of drug-likeness (QED) is 0.677. The van der Waals surface area contributed by atoms with E-state index in [-0.39, 0.29) is 5.78 Å². The Hall–Kier alpha value is -1.35. The van der Waals surface area contributed by atoms with Gasteiger partial charge in [0, 0.05) is 18.5 Å². The zero-order valence-electron chi connectivity index (χ0n) is 14.3. The van der Waals surface area contributed by atoms with Crippen LogP contribution in [0.5, 0.6) is 5.75 Å².